The normalized spacial score (nSPS) is 24.9. The van der Waals surface area contributed by atoms with Crippen LogP contribution in [0.3, 0.4) is 0 Å². The fourth-order valence-corrected chi connectivity index (χ4v) is 6.69. The van der Waals surface area contributed by atoms with Crippen LogP contribution in [0.15, 0.2) is 4.47 Å². The van der Waals surface area contributed by atoms with Crippen LogP contribution < -0.4 is 5.73 Å². The molecule has 0 spiro atoms. The van der Waals surface area contributed by atoms with E-state index in [1.54, 1.807) is 0 Å². The number of rotatable bonds is 5. The molecule has 0 aromatic carbocycles. The van der Waals surface area contributed by atoms with Crippen molar-refractivity contribution in [1.82, 2.24) is 9.78 Å². The highest BCUT2D eigenvalue weighted by Gasteiger charge is 2.31. The highest BCUT2D eigenvalue weighted by Crippen LogP contribution is 2.36. The van der Waals surface area contributed by atoms with E-state index >= 15 is 0 Å². The van der Waals surface area contributed by atoms with Gasteiger partial charge in [0.05, 0.1) is 15.9 Å². The maximum Gasteiger partial charge on any atom is 0.0766 e. The zero-order valence-corrected chi connectivity index (χ0v) is 15.7. The molecule has 0 aliphatic carbocycles. The monoisotopic (exact) mass is 377 g/mol. The Bertz CT molecular complexity index is 450. The van der Waals surface area contributed by atoms with E-state index in [0.29, 0.717) is 10.5 Å². The second-order valence-corrected chi connectivity index (χ2v) is 8.63. The van der Waals surface area contributed by atoms with Crippen molar-refractivity contribution in [2.75, 3.05) is 11.5 Å². The Kier molecular flexibility index (Phi) is 6.32. The zero-order valence-electron chi connectivity index (χ0n) is 12.4. The van der Waals surface area contributed by atoms with Crippen molar-refractivity contribution in [2.45, 2.75) is 49.7 Å². The molecule has 3 unspecified atom stereocenters. The molecule has 1 fully saturated rings. The molecule has 6 heteroatoms. The lowest BCUT2D eigenvalue weighted by molar-refractivity contribution is 0.569. The number of nitrogens with two attached hydrogens (primary N) is 1. The van der Waals surface area contributed by atoms with E-state index in [4.69, 9.17) is 5.73 Å². The molecular weight excluding hydrogens is 354 g/mol. The molecule has 0 radical (unpaired) electrons. The van der Waals surface area contributed by atoms with Gasteiger partial charge in [-0.15, -0.1) is 0 Å². The van der Waals surface area contributed by atoms with Crippen LogP contribution in [0.25, 0.3) is 0 Å². The van der Waals surface area contributed by atoms with Crippen LogP contribution in [-0.2, 0) is 19.9 Å². The average Bonchev–Trinajstić information content (AvgIpc) is 2.74. The van der Waals surface area contributed by atoms with Gasteiger partial charge in [0, 0.05) is 41.5 Å². The minimum atomic E-state index is 0.203. The van der Waals surface area contributed by atoms with Crippen molar-refractivity contribution in [3.63, 3.8) is 0 Å². The number of hydrogen-bond donors (Lipinski definition) is 1. The summed E-state index contributed by atoms with van der Waals surface area (Å²) >= 11 is 7.85. The van der Waals surface area contributed by atoms with E-state index in [9.17, 15) is 0 Å². The summed E-state index contributed by atoms with van der Waals surface area (Å²) in [6, 6.07) is 0.203. The smallest absolute Gasteiger partial charge is 0.0766 e. The van der Waals surface area contributed by atoms with Crippen LogP contribution in [0.4, 0.5) is 0 Å². The first-order valence-electron chi connectivity index (χ1n) is 7.27. The maximum absolute atomic E-state index is 6.54. The average molecular weight is 378 g/mol. The quantitative estimate of drug-likeness (QED) is 0.854. The molecule has 114 valence electrons. The van der Waals surface area contributed by atoms with E-state index in [-0.39, 0.29) is 6.04 Å². The maximum atomic E-state index is 6.54. The Balaban J connectivity index is 2.10. The van der Waals surface area contributed by atoms with E-state index in [1.165, 1.54) is 23.6 Å². The molecule has 3 nitrogen and oxygen atoms in total. The van der Waals surface area contributed by atoms with E-state index in [0.717, 1.165) is 23.0 Å². The molecule has 2 rings (SSSR count). The van der Waals surface area contributed by atoms with Crippen molar-refractivity contribution in [1.29, 1.82) is 0 Å². The number of aromatic nitrogens is 2. The molecule has 3 atom stereocenters. The van der Waals surface area contributed by atoms with Crippen LogP contribution >= 0.6 is 39.5 Å². The Morgan fingerprint density at radius 1 is 1.40 bits per heavy atom. The third-order valence-electron chi connectivity index (χ3n) is 3.85. The second kappa shape index (κ2) is 7.56. The van der Waals surface area contributed by atoms with Crippen molar-refractivity contribution >= 4 is 39.5 Å². The molecule has 20 heavy (non-hydrogen) atoms. The molecule has 0 bridgehead atoms. The molecule has 1 aliphatic rings. The minimum Gasteiger partial charge on any atom is -0.326 e. The molecule has 2 heterocycles. The molecule has 1 saturated heterocycles. The summed E-state index contributed by atoms with van der Waals surface area (Å²) in [7, 11) is 2.02. The molecular formula is C14H24BrN3S2. The number of halogens is 1. The fraction of sp³-hybridized carbons (Fsp3) is 0.786. The first-order chi connectivity index (χ1) is 9.58. The molecule has 0 amide bonds. The third kappa shape index (κ3) is 3.57. The van der Waals surface area contributed by atoms with Gasteiger partial charge in [-0.25, -0.2) is 0 Å². The van der Waals surface area contributed by atoms with Crippen LogP contribution in [0.1, 0.15) is 31.7 Å². The van der Waals surface area contributed by atoms with Crippen LogP contribution in [0.2, 0.25) is 0 Å². The van der Waals surface area contributed by atoms with Gasteiger partial charge in [0.1, 0.15) is 0 Å². The largest absolute Gasteiger partial charge is 0.326 e. The van der Waals surface area contributed by atoms with E-state index in [2.05, 4.69) is 58.4 Å². The Morgan fingerprint density at radius 3 is 2.70 bits per heavy atom. The predicted octanol–water partition coefficient (Wildman–Crippen LogP) is 3.24. The van der Waals surface area contributed by atoms with Gasteiger partial charge in [0.2, 0.25) is 0 Å². The van der Waals surface area contributed by atoms with Gasteiger partial charge >= 0.3 is 0 Å². The van der Waals surface area contributed by atoms with Gasteiger partial charge in [-0.3, -0.25) is 4.68 Å². The molecule has 1 aromatic heterocycles. The molecule has 0 saturated carbocycles. The summed E-state index contributed by atoms with van der Waals surface area (Å²) in [5.74, 6) is 2.49. The minimum absolute atomic E-state index is 0.203. The topological polar surface area (TPSA) is 43.8 Å². The first-order valence-corrected chi connectivity index (χ1v) is 10.2. The third-order valence-corrected chi connectivity index (χ3v) is 8.19. The summed E-state index contributed by atoms with van der Waals surface area (Å²) < 4.78 is 3.14. The number of aryl methyl sites for hydroxylation is 2. The number of nitrogens with zero attached hydrogens (tertiary/aromatic N) is 2. The molecule has 1 aromatic rings. The summed E-state index contributed by atoms with van der Waals surface area (Å²) in [6.07, 6.45) is 3.07. The van der Waals surface area contributed by atoms with Crippen LogP contribution in [0, 0.1) is 0 Å². The standard InChI is InChI=1S/C14H24BrN3S2/c1-4-10-13(15)11(18(3)17-10)8-9(16)14-12(5-2)19-6-7-20-14/h9,12,14H,4-8,16H2,1-3H3. The van der Waals surface area contributed by atoms with Gasteiger partial charge in [0.25, 0.3) is 0 Å². The fourth-order valence-electron chi connectivity index (χ4n) is 2.72. The summed E-state index contributed by atoms with van der Waals surface area (Å²) in [5.41, 5.74) is 8.91. The van der Waals surface area contributed by atoms with Crippen molar-refractivity contribution < 1.29 is 0 Å². The van der Waals surface area contributed by atoms with E-state index < -0.39 is 0 Å². The van der Waals surface area contributed by atoms with Gasteiger partial charge in [0.15, 0.2) is 0 Å². The van der Waals surface area contributed by atoms with Crippen molar-refractivity contribution in [2.24, 2.45) is 12.8 Å². The van der Waals surface area contributed by atoms with E-state index in [1.807, 2.05) is 11.7 Å². The number of thioether (sulfide) groups is 2. The van der Waals surface area contributed by atoms with Crippen molar-refractivity contribution in [3.8, 4) is 0 Å². The lowest BCUT2D eigenvalue weighted by Crippen LogP contribution is -2.43. The van der Waals surface area contributed by atoms with Gasteiger partial charge in [-0.1, -0.05) is 13.8 Å². The van der Waals surface area contributed by atoms with Crippen LogP contribution in [-0.4, -0.2) is 37.8 Å². The van der Waals surface area contributed by atoms with Gasteiger partial charge < -0.3 is 5.73 Å². The highest BCUT2D eigenvalue weighted by atomic mass is 79.9. The highest BCUT2D eigenvalue weighted by molar-refractivity contribution is 9.10. The number of hydrogen-bond acceptors (Lipinski definition) is 4. The van der Waals surface area contributed by atoms with Crippen LogP contribution in [0.5, 0.6) is 0 Å². The lowest BCUT2D eigenvalue weighted by atomic mass is 10.0. The Labute approximate surface area is 139 Å². The Morgan fingerprint density at radius 2 is 2.10 bits per heavy atom. The predicted molar refractivity (Wildman–Crippen MR) is 94.7 cm³/mol. The second-order valence-electron chi connectivity index (χ2n) is 5.21. The zero-order chi connectivity index (χ0) is 14.7. The molecule has 1 aliphatic heterocycles. The lowest BCUT2D eigenvalue weighted by Gasteiger charge is -2.34. The van der Waals surface area contributed by atoms with Gasteiger partial charge in [-0.2, -0.15) is 28.6 Å². The first kappa shape index (κ1) is 16.7. The summed E-state index contributed by atoms with van der Waals surface area (Å²) in [4.78, 5) is 0. The van der Waals surface area contributed by atoms with Gasteiger partial charge in [-0.05, 0) is 28.8 Å². The SMILES string of the molecule is CCc1nn(C)c(CC(N)C2SCCSC2CC)c1Br. The summed E-state index contributed by atoms with van der Waals surface area (Å²) in [6.45, 7) is 4.41. The van der Waals surface area contributed by atoms with Crippen molar-refractivity contribution in [3.05, 3.63) is 15.9 Å². The summed E-state index contributed by atoms with van der Waals surface area (Å²) in [5, 5.41) is 5.82. The Hall–Kier alpha value is 0.350. The molecule has 2 N–H and O–H groups in total.